The smallest absolute Gasteiger partial charge is 0.0636 e. The van der Waals surface area contributed by atoms with Gasteiger partial charge in [-0.25, -0.2) is 0 Å². The summed E-state index contributed by atoms with van der Waals surface area (Å²) in [4.78, 5) is 2.47. The summed E-state index contributed by atoms with van der Waals surface area (Å²) >= 11 is 0. The molecule has 0 radical (unpaired) electrons. The molecule has 0 aromatic carbocycles. The fraction of sp³-hybridized carbons (Fsp3) is 1.00. The number of rotatable bonds is 4. The lowest BCUT2D eigenvalue weighted by molar-refractivity contribution is 0.164. The maximum Gasteiger partial charge on any atom is 0.0636 e. The van der Waals surface area contributed by atoms with E-state index in [4.69, 9.17) is 5.11 Å². The number of nitrogens with one attached hydrogen (secondary N) is 1. The molecule has 0 aromatic rings. The first kappa shape index (κ1) is 11.0. The molecule has 1 heterocycles. The van der Waals surface area contributed by atoms with Gasteiger partial charge in [0.05, 0.1) is 6.10 Å². The van der Waals surface area contributed by atoms with E-state index in [-0.39, 0.29) is 6.10 Å². The van der Waals surface area contributed by atoms with Gasteiger partial charge in [0.2, 0.25) is 0 Å². The Morgan fingerprint density at radius 2 is 2.08 bits per heavy atom. The van der Waals surface area contributed by atoms with Gasteiger partial charge >= 0.3 is 0 Å². The number of likely N-dealkylation sites (tertiary alicyclic amines) is 1. The minimum Gasteiger partial charge on any atom is -0.392 e. The first-order chi connectivity index (χ1) is 6.22. The summed E-state index contributed by atoms with van der Waals surface area (Å²) in [5.74, 6) is 0. The molecule has 0 bridgehead atoms. The van der Waals surface area contributed by atoms with Crippen molar-refractivity contribution in [2.24, 2.45) is 0 Å². The van der Waals surface area contributed by atoms with E-state index in [9.17, 15) is 0 Å². The van der Waals surface area contributed by atoms with E-state index < -0.39 is 0 Å². The zero-order chi connectivity index (χ0) is 9.68. The first-order valence-electron chi connectivity index (χ1n) is 5.36. The molecule has 0 spiro atoms. The molecule has 2 N–H and O–H groups in total. The Hall–Kier alpha value is -0.120. The van der Waals surface area contributed by atoms with Gasteiger partial charge in [0.15, 0.2) is 0 Å². The van der Waals surface area contributed by atoms with Gasteiger partial charge < -0.3 is 15.3 Å². The van der Waals surface area contributed by atoms with Crippen molar-refractivity contribution in [2.75, 3.05) is 26.2 Å². The van der Waals surface area contributed by atoms with Crippen LogP contribution in [0.5, 0.6) is 0 Å². The molecule has 1 aliphatic heterocycles. The third-order valence-electron chi connectivity index (χ3n) is 2.74. The van der Waals surface area contributed by atoms with Crippen molar-refractivity contribution in [1.82, 2.24) is 10.2 Å². The average Bonchev–Trinajstić information content (AvgIpc) is 2.15. The lowest BCUT2D eigenvalue weighted by atomic mass is 10.1. The normalized spacial score (nSPS) is 23.3. The van der Waals surface area contributed by atoms with Crippen LogP contribution >= 0.6 is 0 Å². The van der Waals surface area contributed by atoms with E-state index in [0.29, 0.717) is 6.04 Å². The third kappa shape index (κ3) is 4.07. The molecule has 1 saturated heterocycles. The molecule has 0 amide bonds. The predicted molar refractivity (Wildman–Crippen MR) is 54.8 cm³/mol. The van der Waals surface area contributed by atoms with Crippen LogP contribution in [0.2, 0.25) is 0 Å². The second-order valence-electron chi connectivity index (χ2n) is 3.97. The van der Waals surface area contributed by atoms with Gasteiger partial charge in [0.25, 0.3) is 0 Å². The Morgan fingerprint density at radius 1 is 1.46 bits per heavy atom. The monoisotopic (exact) mass is 186 g/mol. The summed E-state index contributed by atoms with van der Waals surface area (Å²) in [7, 11) is 0. The van der Waals surface area contributed by atoms with Crippen LogP contribution in [0.4, 0.5) is 0 Å². The van der Waals surface area contributed by atoms with Gasteiger partial charge in [-0.1, -0.05) is 6.92 Å². The highest BCUT2D eigenvalue weighted by molar-refractivity contribution is 4.76. The summed E-state index contributed by atoms with van der Waals surface area (Å²) in [5, 5.41) is 12.5. The summed E-state index contributed by atoms with van der Waals surface area (Å²) < 4.78 is 0. The van der Waals surface area contributed by atoms with Gasteiger partial charge in [0.1, 0.15) is 0 Å². The van der Waals surface area contributed by atoms with Gasteiger partial charge in [-0.3, -0.25) is 0 Å². The fourth-order valence-corrected chi connectivity index (χ4v) is 1.79. The molecule has 3 heteroatoms. The molecule has 78 valence electrons. The SMILES string of the molecule is CCN1CCC(NCC(C)O)CC1. The average molecular weight is 186 g/mol. The van der Waals surface area contributed by atoms with Crippen LogP contribution in [0.15, 0.2) is 0 Å². The Morgan fingerprint density at radius 3 is 2.54 bits per heavy atom. The number of aliphatic hydroxyl groups is 1. The van der Waals surface area contributed by atoms with E-state index in [0.717, 1.165) is 6.54 Å². The molecular formula is C10H22N2O. The lowest BCUT2D eigenvalue weighted by Crippen LogP contribution is -2.44. The van der Waals surface area contributed by atoms with Gasteiger partial charge in [-0.2, -0.15) is 0 Å². The van der Waals surface area contributed by atoms with Crippen LogP contribution in [0.1, 0.15) is 26.7 Å². The largest absolute Gasteiger partial charge is 0.392 e. The first-order valence-corrected chi connectivity index (χ1v) is 5.36. The third-order valence-corrected chi connectivity index (χ3v) is 2.74. The molecule has 1 aliphatic rings. The van der Waals surface area contributed by atoms with Gasteiger partial charge in [0, 0.05) is 12.6 Å². The molecular weight excluding hydrogens is 164 g/mol. The van der Waals surface area contributed by atoms with E-state index in [2.05, 4.69) is 17.1 Å². The molecule has 1 atom stereocenters. The fourth-order valence-electron chi connectivity index (χ4n) is 1.79. The van der Waals surface area contributed by atoms with Crippen molar-refractivity contribution in [3.63, 3.8) is 0 Å². The molecule has 0 saturated carbocycles. The van der Waals surface area contributed by atoms with E-state index >= 15 is 0 Å². The Labute approximate surface area is 81.1 Å². The van der Waals surface area contributed by atoms with Gasteiger partial charge in [-0.15, -0.1) is 0 Å². The van der Waals surface area contributed by atoms with Crippen molar-refractivity contribution in [3.05, 3.63) is 0 Å². The summed E-state index contributed by atoms with van der Waals surface area (Å²) in [6.45, 7) is 8.35. The molecule has 13 heavy (non-hydrogen) atoms. The lowest BCUT2D eigenvalue weighted by Gasteiger charge is -2.31. The molecule has 0 aliphatic carbocycles. The van der Waals surface area contributed by atoms with E-state index in [1.807, 2.05) is 6.92 Å². The number of piperidine rings is 1. The Bertz CT molecular complexity index is 131. The number of nitrogens with zero attached hydrogens (tertiary/aromatic N) is 1. The number of hydrogen-bond donors (Lipinski definition) is 2. The number of hydrogen-bond acceptors (Lipinski definition) is 3. The highest BCUT2D eigenvalue weighted by atomic mass is 16.3. The van der Waals surface area contributed by atoms with Crippen LogP contribution in [0, 0.1) is 0 Å². The zero-order valence-corrected chi connectivity index (χ0v) is 8.79. The van der Waals surface area contributed by atoms with Crippen molar-refractivity contribution in [3.8, 4) is 0 Å². The minimum atomic E-state index is -0.218. The second kappa shape index (κ2) is 5.58. The highest BCUT2D eigenvalue weighted by Crippen LogP contribution is 2.09. The molecule has 1 rings (SSSR count). The van der Waals surface area contributed by atoms with E-state index in [1.165, 1.54) is 32.5 Å². The van der Waals surface area contributed by atoms with Crippen molar-refractivity contribution in [1.29, 1.82) is 0 Å². The molecule has 3 nitrogen and oxygen atoms in total. The minimum absolute atomic E-state index is 0.218. The van der Waals surface area contributed by atoms with Crippen molar-refractivity contribution in [2.45, 2.75) is 38.8 Å². The van der Waals surface area contributed by atoms with Crippen LogP contribution in [-0.2, 0) is 0 Å². The maximum atomic E-state index is 9.11. The molecule has 0 aromatic heterocycles. The summed E-state index contributed by atoms with van der Waals surface area (Å²) in [5.41, 5.74) is 0. The van der Waals surface area contributed by atoms with Crippen LogP contribution in [0.25, 0.3) is 0 Å². The van der Waals surface area contributed by atoms with E-state index in [1.54, 1.807) is 0 Å². The molecule has 1 fully saturated rings. The van der Waals surface area contributed by atoms with Gasteiger partial charge in [-0.05, 0) is 39.4 Å². The van der Waals surface area contributed by atoms with Crippen LogP contribution in [0.3, 0.4) is 0 Å². The second-order valence-corrected chi connectivity index (χ2v) is 3.97. The predicted octanol–water partition coefficient (Wildman–Crippen LogP) is 0.441. The quantitative estimate of drug-likeness (QED) is 0.669. The Balaban J connectivity index is 2.10. The maximum absolute atomic E-state index is 9.11. The van der Waals surface area contributed by atoms with Crippen molar-refractivity contribution < 1.29 is 5.11 Å². The topological polar surface area (TPSA) is 35.5 Å². The summed E-state index contributed by atoms with van der Waals surface area (Å²) in [6, 6.07) is 0.623. The number of aliphatic hydroxyl groups excluding tert-OH is 1. The van der Waals surface area contributed by atoms with Crippen molar-refractivity contribution >= 4 is 0 Å². The van der Waals surface area contributed by atoms with Crippen LogP contribution in [-0.4, -0.2) is 48.3 Å². The molecule has 1 unspecified atom stereocenters. The van der Waals surface area contributed by atoms with Crippen LogP contribution < -0.4 is 5.32 Å². The zero-order valence-electron chi connectivity index (χ0n) is 8.79. The Kier molecular flexibility index (Phi) is 4.70. The highest BCUT2D eigenvalue weighted by Gasteiger charge is 2.17. The summed E-state index contributed by atoms with van der Waals surface area (Å²) in [6.07, 6.45) is 2.23. The standard InChI is InChI=1S/C10H22N2O/c1-3-12-6-4-10(5-7-12)11-8-9(2)13/h9-11,13H,3-8H2,1-2H3.